The van der Waals surface area contributed by atoms with Crippen molar-refractivity contribution in [2.24, 2.45) is 10.9 Å². The lowest BCUT2D eigenvalue weighted by molar-refractivity contribution is -0.126. The molecule has 1 aromatic carbocycles. The number of amides is 1. The molecule has 2 unspecified atom stereocenters. The number of carbonyl (C=O) groups excluding carboxylic acids is 1. The highest BCUT2D eigenvalue weighted by Gasteiger charge is 2.31. The van der Waals surface area contributed by atoms with Crippen LogP contribution >= 0.6 is 0 Å². The van der Waals surface area contributed by atoms with Gasteiger partial charge in [-0.15, -0.1) is 0 Å². The normalized spacial score (nSPS) is 21.9. The minimum absolute atomic E-state index is 0.109. The summed E-state index contributed by atoms with van der Waals surface area (Å²) in [5, 5.41) is 10.0. The fraction of sp³-hybridized carbons (Fsp3) is 0.565. The number of nitrogens with one attached hydrogen (secondary N) is 3. The second-order valence-electron chi connectivity index (χ2n) is 7.89. The zero-order valence-electron chi connectivity index (χ0n) is 17.5. The molecule has 29 heavy (non-hydrogen) atoms. The Morgan fingerprint density at radius 2 is 2.03 bits per heavy atom. The number of guanidine groups is 1. The molecule has 2 aliphatic rings. The molecule has 0 spiro atoms. The van der Waals surface area contributed by atoms with Crippen LogP contribution in [-0.4, -0.2) is 37.1 Å². The Morgan fingerprint density at radius 3 is 2.79 bits per heavy atom. The van der Waals surface area contributed by atoms with Crippen molar-refractivity contribution < 1.29 is 9.53 Å². The Bertz CT molecular complexity index is 715. The summed E-state index contributed by atoms with van der Waals surface area (Å²) < 4.78 is 5.73. The number of nitrogens with zero attached hydrogens (tertiary/aromatic N) is 1. The van der Waals surface area contributed by atoms with E-state index in [9.17, 15) is 4.79 Å². The van der Waals surface area contributed by atoms with E-state index in [1.807, 2.05) is 24.3 Å². The molecule has 0 aromatic heterocycles. The van der Waals surface area contributed by atoms with Crippen LogP contribution in [0.15, 0.2) is 41.9 Å². The highest BCUT2D eigenvalue weighted by molar-refractivity contribution is 5.81. The molecule has 6 nitrogen and oxygen atoms in total. The number of aliphatic imine (C=N–C) groups is 1. The minimum Gasteiger partial charge on any atom is -0.489 e. The highest BCUT2D eigenvalue weighted by atomic mass is 16.5. The van der Waals surface area contributed by atoms with Crippen molar-refractivity contribution in [1.29, 1.82) is 0 Å². The van der Waals surface area contributed by atoms with Gasteiger partial charge in [-0.05, 0) is 45.1 Å². The van der Waals surface area contributed by atoms with Crippen LogP contribution < -0.4 is 20.7 Å². The van der Waals surface area contributed by atoms with Crippen molar-refractivity contribution in [1.82, 2.24) is 16.0 Å². The van der Waals surface area contributed by atoms with E-state index in [4.69, 9.17) is 9.73 Å². The molecular formula is C23H34N4O2. The van der Waals surface area contributed by atoms with Crippen molar-refractivity contribution >= 4 is 11.9 Å². The molecule has 0 saturated heterocycles. The van der Waals surface area contributed by atoms with Gasteiger partial charge in [-0.2, -0.15) is 0 Å². The van der Waals surface area contributed by atoms with Gasteiger partial charge >= 0.3 is 0 Å². The Balaban J connectivity index is 1.59. The van der Waals surface area contributed by atoms with Crippen LogP contribution in [0.3, 0.4) is 0 Å². The maximum atomic E-state index is 12.4. The van der Waals surface area contributed by atoms with Crippen LogP contribution in [0.1, 0.15) is 51.0 Å². The van der Waals surface area contributed by atoms with E-state index in [1.165, 1.54) is 0 Å². The van der Waals surface area contributed by atoms with Gasteiger partial charge in [-0.3, -0.25) is 4.79 Å². The quantitative estimate of drug-likeness (QED) is 0.339. The smallest absolute Gasteiger partial charge is 0.223 e. The van der Waals surface area contributed by atoms with Crippen molar-refractivity contribution in [3.63, 3.8) is 0 Å². The maximum absolute atomic E-state index is 12.4. The molecule has 2 aliphatic carbocycles. The summed E-state index contributed by atoms with van der Waals surface area (Å²) in [7, 11) is 0. The summed E-state index contributed by atoms with van der Waals surface area (Å²) >= 11 is 0. The summed E-state index contributed by atoms with van der Waals surface area (Å²) in [6, 6.07) is 8.64. The standard InChI is InChI=1S/C23H34N4O2/c1-3-14-29-21-11-6-5-8-18(21)16-25-23(24-4-2)27-20-10-7-9-17(15-20)22(28)26-19-12-13-19/h3,5-6,8,11,17,19-20H,1,4,7,9-10,12-16H2,2H3,(H,26,28)(H2,24,25,27). The van der Waals surface area contributed by atoms with Gasteiger partial charge in [0.15, 0.2) is 5.96 Å². The molecule has 1 aromatic rings. The lowest BCUT2D eigenvalue weighted by Crippen LogP contribution is -2.47. The lowest BCUT2D eigenvalue weighted by Gasteiger charge is -2.30. The van der Waals surface area contributed by atoms with Gasteiger partial charge < -0.3 is 20.7 Å². The third-order valence-electron chi connectivity index (χ3n) is 5.39. The number of ether oxygens (including phenoxy) is 1. The Labute approximate surface area is 174 Å². The summed E-state index contributed by atoms with van der Waals surface area (Å²) in [5.74, 6) is 1.97. The van der Waals surface area contributed by atoms with Gasteiger partial charge in [0.2, 0.25) is 5.91 Å². The van der Waals surface area contributed by atoms with E-state index in [-0.39, 0.29) is 17.9 Å². The molecule has 158 valence electrons. The van der Waals surface area contributed by atoms with Crippen LogP contribution in [-0.2, 0) is 11.3 Å². The Hall–Kier alpha value is -2.50. The summed E-state index contributed by atoms with van der Waals surface area (Å²) in [5.41, 5.74) is 1.04. The van der Waals surface area contributed by atoms with Crippen LogP contribution in [0.5, 0.6) is 5.75 Å². The molecule has 0 bridgehead atoms. The van der Waals surface area contributed by atoms with E-state index >= 15 is 0 Å². The number of carbonyl (C=O) groups is 1. The first kappa shape index (κ1) is 21.2. The van der Waals surface area contributed by atoms with Crippen LogP contribution in [0, 0.1) is 5.92 Å². The van der Waals surface area contributed by atoms with Crippen LogP contribution in [0.25, 0.3) is 0 Å². The van der Waals surface area contributed by atoms with Gasteiger partial charge in [0.25, 0.3) is 0 Å². The Kier molecular flexibility index (Phi) is 7.96. The third-order valence-corrected chi connectivity index (χ3v) is 5.39. The maximum Gasteiger partial charge on any atom is 0.223 e. The Morgan fingerprint density at radius 1 is 1.21 bits per heavy atom. The van der Waals surface area contributed by atoms with Gasteiger partial charge in [0.1, 0.15) is 12.4 Å². The summed E-state index contributed by atoms with van der Waals surface area (Å²) in [4.78, 5) is 17.2. The molecule has 1 amide bonds. The zero-order valence-corrected chi connectivity index (χ0v) is 17.5. The largest absolute Gasteiger partial charge is 0.489 e. The predicted octanol–water partition coefficient (Wildman–Crippen LogP) is 3.14. The van der Waals surface area contributed by atoms with Crippen molar-refractivity contribution in [2.75, 3.05) is 13.2 Å². The van der Waals surface area contributed by atoms with Gasteiger partial charge in [-0.25, -0.2) is 4.99 Å². The van der Waals surface area contributed by atoms with Crippen LogP contribution in [0.4, 0.5) is 0 Å². The number of hydrogen-bond donors (Lipinski definition) is 3. The molecule has 6 heteroatoms. The highest BCUT2D eigenvalue weighted by Crippen LogP contribution is 2.27. The van der Waals surface area contributed by atoms with Gasteiger partial charge in [0, 0.05) is 30.1 Å². The van der Waals surface area contributed by atoms with Gasteiger partial charge in [0.05, 0.1) is 6.54 Å². The number of benzene rings is 1. The predicted molar refractivity (Wildman–Crippen MR) is 117 cm³/mol. The summed E-state index contributed by atoms with van der Waals surface area (Å²) in [6.45, 7) is 7.56. The third kappa shape index (κ3) is 6.80. The fourth-order valence-electron chi connectivity index (χ4n) is 3.71. The minimum atomic E-state index is 0.109. The van der Waals surface area contributed by atoms with E-state index in [2.05, 4.69) is 29.5 Å². The molecule has 0 heterocycles. The number of hydrogen-bond acceptors (Lipinski definition) is 3. The second-order valence-corrected chi connectivity index (χ2v) is 7.89. The van der Waals surface area contributed by atoms with Crippen molar-refractivity contribution in [3.8, 4) is 5.75 Å². The average Bonchev–Trinajstić information content (AvgIpc) is 3.55. The first-order valence-electron chi connectivity index (χ1n) is 10.9. The number of para-hydroxylation sites is 1. The van der Waals surface area contributed by atoms with Crippen LogP contribution in [0.2, 0.25) is 0 Å². The molecule has 3 rings (SSSR count). The average molecular weight is 399 g/mol. The monoisotopic (exact) mass is 398 g/mol. The van der Waals surface area contributed by atoms with Crippen molar-refractivity contribution in [3.05, 3.63) is 42.5 Å². The molecule has 2 atom stereocenters. The summed E-state index contributed by atoms with van der Waals surface area (Å²) in [6.07, 6.45) is 7.99. The van der Waals surface area contributed by atoms with Crippen molar-refractivity contribution in [2.45, 2.75) is 64.1 Å². The SMILES string of the molecule is C=CCOc1ccccc1CN=C(NCC)NC1CCCC(C(=O)NC2CC2)C1. The number of rotatable bonds is 9. The first-order chi connectivity index (χ1) is 14.2. The van der Waals surface area contributed by atoms with E-state index in [0.29, 0.717) is 19.2 Å². The molecule has 2 saturated carbocycles. The molecule has 3 N–H and O–H groups in total. The topological polar surface area (TPSA) is 74.8 Å². The van der Waals surface area contributed by atoms with E-state index in [0.717, 1.165) is 62.3 Å². The molecule has 0 radical (unpaired) electrons. The van der Waals surface area contributed by atoms with E-state index < -0.39 is 0 Å². The molecular weight excluding hydrogens is 364 g/mol. The zero-order chi connectivity index (χ0) is 20.5. The lowest BCUT2D eigenvalue weighted by atomic mass is 9.85. The van der Waals surface area contributed by atoms with E-state index in [1.54, 1.807) is 6.08 Å². The first-order valence-corrected chi connectivity index (χ1v) is 10.9. The fourth-order valence-corrected chi connectivity index (χ4v) is 3.71. The molecule has 2 fully saturated rings. The second kappa shape index (κ2) is 10.9. The van der Waals surface area contributed by atoms with Gasteiger partial charge in [-0.1, -0.05) is 37.3 Å². The molecule has 0 aliphatic heterocycles.